The number of carboxylic acids is 2. The Morgan fingerprint density at radius 1 is 1.00 bits per heavy atom. The van der Waals surface area contributed by atoms with Crippen molar-refractivity contribution in [2.45, 2.75) is 63.7 Å². The van der Waals surface area contributed by atoms with Crippen molar-refractivity contribution in [3.63, 3.8) is 0 Å². The number of aromatic amines is 1. The summed E-state index contributed by atoms with van der Waals surface area (Å²) in [4.78, 5) is 88.5. The number of carboxylic acid groups (broad SMARTS) is 2. The van der Waals surface area contributed by atoms with Crippen molar-refractivity contribution >= 4 is 58.3 Å². The van der Waals surface area contributed by atoms with E-state index in [0.29, 0.717) is 30.8 Å². The fourth-order valence-electron chi connectivity index (χ4n) is 4.53. The predicted molar refractivity (Wildman–Crippen MR) is 178 cm³/mol. The highest BCUT2D eigenvalue weighted by atomic mass is 16.4. The molecule has 0 spiro atoms. The van der Waals surface area contributed by atoms with Gasteiger partial charge in [-0.15, -0.1) is 0 Å². The number of aromatic nitrogens is 3. The number of carbonyl (C=O) groups excluding carboxylic acids is 3. The van der Waals surface area contributed by atoms with E-state index < -0.39 is 54.6 Å². The number of nitrogens with one attached hydrogen (secondary N) is 5. The van der Waals surface area contributed by atoms with Crippen molar-refractivity contribution in [2.75, 3.05) is 17.6 Å². The van der Waals surface area contributed by atoms with Gasteiger partial charge in [0.1, 0.15) is 17.9 Å². The van der Waals surface area contributed by atoms with Gasteiger partial charge in [0.25, 0.3) is 5.91 Å². The fourth-order valence-corrected chi connectivity index (χ4v) is 4.53. The first-order chi connectivity index (χ1) is 23.2. The molecule has 3 unspecified atom stereocenters. The van der Waals surface area contributed by atoms with Crippen LogP contribution in [0.5, 0.6) is 0 Å². The molecule has 0 radical (unpaired) electrons. The van der Waals surface area contributed by atoms with Gasteiger partial charge in [0.15, 0.2) is 17.1 Å². The number of hydrogen-bond donors (Lipinski definition) is 10. The van der Waals surface area contributed by atoms with E-state index in [1.54, 1.807) is 19.1 Å². The van der Waals surface area contributed by atoms with Crippen LogP contribution in [0.4, 0.5) is 11.5 Å². The van der Waals surface area contributed by atoms with Crippen molar-refractivity contribution in [1.82, 2.24) is 30.9 Å². The zero-order chi connectivity index (χ0) is 36.1. The van der Waals surface area contributed by atoms with Gasteiger partial charge in [-0.3, -0.25) is 29.0 Å². The van der Waals surface area contributed by atoms with Crippen LogP contribution < -0.4 is 43.9 Å². The van der Waals surface area contributed by atoms with Crippen LogP contribution >= 0.6 is 0 Å². The average Bonchev–Trinajstić information content (AvgIpc) is 3.03. The topological polar surface area (TPSA) is 323 Å². The van der Waals surface area contributed by atoms with Crippen molar-refractivity contribution in [3.8, 4) is 0 Å². The van der Waals surface area contributed by atoms with Crippen molar-refractivity contribution in [3.05, 3.63) is 58.0 Å². The van der Waals surface area contributed by atoms with E-state index in [2.05, 4.69) is 41.2 Å². The van der Waals surface area contributed by atoms with Gasteiger partial charge in [-0.25, -0.2) is 14.8 Å². The third-order valence-electron chi connectivity index (χ3n) is 7.00. The lowest BCUT2D eigenvalue weighted by atomic mass is 10.1. The van der Waals surface area contributed by atoms with E-state index in [1.165, 1.54) is 24.4 Å². The van der Waals surface area contributed by atoms with E-state index >= 15 is 0 Å². The molecule has 3 aromatic rings. The van der Waals surface area contributed by atoms with E-state index in [4.69, 9.17) is 17.2 Å². The molecule has 0 aliphatic carbocycles. The first-order valence-corrected chi connectivity index (χ1v) is 15.1. The SMILES string of the molecule is CC(CCCN=C(N)N)NC(=O)C(CC(=O)O)NC(=O)CCC(NC(=O)c1ccc(NCc2cnc3[nH]c(N)cc(=O)c3n2)cc1)C(=O)O. The first kappa shape index (κ1) is 37.2. The number of hydrogen-bond acceptors (Lipinski definition) is 11. The third kappa shape index (κ3) is 12.1. The van der Waals surface area contributed by atoms with E-state index in [1.807, 2.05) is 0 Å². The number of aliphatic imine (C=N–C) groups is 1. The Labute approximate surface area is 279 Å². The van der Waals surface area contributed by atoms with Crippen LogP contribution in [0.15, 0.2) is 46.3 Å². The summed E-state index contributed by atoms with van der Waals surface area (Å²) in [7, 11) is 0. The molecule has 13 N–H and O–H groups in total. The molecular formula is C30H39N11O8. The summed E-state index contributed by atoms with van der Waals surface area (Å²) in [5.41, 5.74) is 17.4. The number of aliphatic carboxylic acids is 2. The quantitative estimate of drug-likeness (QED) is 0.0437. The second-order valence-corrected chi connectivity index (χ2v) is 11.1. The molecule has 0 saturated carbocycles. The number of fused-ring (bicyclic) bond motifs is 1. The molecule has 262 valence electrons. The summed E-state index contributed by atoms with van der Waals surface area (Å²) in [5.74, 6) is -4.83. The van der Waals surface area contributed by atoms with Gasteiger partial charge < -0.3 is 53.7 Å². The second-order valence-electron chi connectivity index (χ2n) is 11.1. The minimum atomic E-state index is -1.46. The highest BCUT2D eigenvalue weighted by molar-refractivity contribution is 5.97. The summed E-state index contributed by atoms with van der Waals surface area (Å²) < 4.78 is 0. The molecule has 1 aromatic carbocycles. The van der Waals surface area contributed by atoms with Crippen LogP contribution in [0.2, 0.25) is 0 Å². The number of nitrogens with zero attached hydrogens (tertiary/aromatic N) is 3. The molecule has 0 aliphatic rings. The lowest BCUT2D eigenvalue weighted by Crippen LogP contribution is -2.50. The van der Waals surface area contributed by atoms with E-state index in [9.17, 15) is 39.0 Å². The lowest BCUT2D eigenvalue weighted by Gasteiger charge is -2.21. The number of carbonyl (C=O) groups is 5. The summed E-state index contributed by atoms with van der Waals surface area (Å²) in [6, 6.07) is 4.04. The molecule has 3 rings (SSSR count). The van der Waals surface area contributed by atoms with Crippen LogP contribution in [0.3, 0.4) is 0 Å². The zero-order valence-corrected chi connectivity index (χ0v) is 26.6. The third-order valence-corrected chi connectivity index (χ3v) is 7.00. The largest absolute Gasteiger partial charge is 0.481 e. The Morgan fingerprint density at radius 2 is 1.71 bits per heavy atom. The number of nitrogens with two attached hydrogens (primary N) is 3. The Balaban J connectivity index is 1.51. The zero-order valence-electron chi connectivity index (χ0n) is 26.6. The maximum absolute atomic E-state index is 12.8. The lowest BCUT2D eigenvalue weighted by molar-refractivity contribution is -0.140. The number of pyridine rings is 1. The van der Waals surface area contributed by atoms with Gasteiger partial charge in [0.2, 0.25) is 17.2 Å². The number of benzene rings is 1. The number of guanidine groups is 1. The van der Waals surface area contributed by atoms with Gasteiger partial charge in [-0.05, 0) is 50.5 Å². The molecule has 0 aliphatic heterocycles. The molecule has 2 aromatic heterocycles. The van der Waals surface area contributed by atoms with Gasteiger partial charge in [0.05, 0.1) is 24.9 Å². The van der Waals surface area contributed by atoms with E-state index in [0.717, 1.165) is 0 Å². The number of H-pyrrole nitrogens is 1. The van der Waals surface area contributed by atoms with Crippen LogP contribution in [0.25, 0.3) is 11.2 Å². The van der Waals surface area contributed by atoms with Gasteiger partial charge in [0, 0.05) is 36.3 Å². The highest BCUT2D eigenvalue weighted by Crippen LogP contribution is 2.13. The Hall–Kier alpha value is -6.27. The standard InChI is InChI=1S/C30H39N11O8/c1-15(3-2-10-34-30(32)33)37-28(47)20(11-24(44)45)39-23(43)9-8-19(29(48)49)40-27(46)16-4-6-17(7-5-16)35-13-18-14-36-26-25(38-18)21(42)12-22(31)41-26/h4-7,12,14-15,19-20,35H,2-3,8-11,13H2,1H3,(H,37,47)(H,39,43)(H,40,46)(H,44,45)(H,48,49)(H4,32,33,34)(H3,31,36,41,42). The minimum absolute atomic E-state index is 0.0631. The minimum Gasteiger partial charge on any atom is -0.481 e. The fraction of sp³-hybridized carbons (Fsp3) is 0.367. The van der Waals surface area contributed by atoms with Crippen LogP contribution in [0.1, 0.15) is 55.1 Å². The van der Waals surface area contributed by atoms with Gasteiger partial charge in [-0.2, -0.15) is 0 Å². The van der Waals surface area contributed by atoms with Crippen molar-refractivity contribution < 1.29 is 34.2 Å². The number of rotatable bonds is 18. The van der Waals surface area contributed by atoms with Crippen LogP contribution in [-0.4, -0.2) is 85.5 Å². The average molecular weight is 682 g/mol. The molecule has 19 nitrogen and oxygen atoms in total. The first-order valence-electron chi connectivity index (χ1n) is 15.1. The molecule has 0 fully saturated rings. The van der Waals surface area contributed by atoms with Crippen LogP contribution in [0, 0.1) is 0 Å². The number of anilines is 2. The number of nitrogen functional groups attached to an aromatic ring is 1. The Kier molecular flexibility index (Phi) is 13.4. The molecule has 0 saturated heterocycles. The molecule has 49 heavy (non-hydrogen) atoms. The maximum Gasteiger partial charge on any atom is 0.326 e. The predicted octanol–water partition coefficient (Wildman–Crippen LogP) is -1.01. The summed E-state index contributed by atoms with van der Waals surface area (Å²) in [6.45, 7) is 2.24. The number of amides is 3. The molecular weight excluding hydrogens is 642 g/mol. The van der Waals surface area contributed by atoms with Gasteiger partial charge in [-0.1, -0.05) is 0 Å². The van der Waals surface area contributed by atoms with Crippen molar-refractivity contribution in [1.29, 1.82) is 0 Å². The monoisotopic (exact) mass is 681 g/mol. The molecule has 3 amide bonds. The van der Waals surface area contributed by atoms with E-state index in [-0.39, 0.29) is 52.9 Å². The second kappa shape index (κ2) is 17.6. The highest BCUT2D eigenvalue weighted by Gasteiger charge is 2.27. The summed E-state index contributed by atoms with van der Waals surface area (Å²) in [6.07, 6.45) is 1.04. The smallest absolute Gasteiger partial charge is 0.326 e. The Bertz CT molecular complexity index is 1760. The molecule has 19 heteroatoms. The van der Waals surface area contributed by atoms with Crippen LogP contribution in [-0.2, 0) is 25.7 Å². The van der Waals surface area contributed by atoms with Gasteiger partial charge >= 0.3 is 11.9 Å². The summed E-state index contributed by atoms with van der Waals surface area (Å²) >= 11 is 0. The maximum atomic E-state index is 12.8. The van der Waals surface area contributed by atoms with Crippen molar-refractivity contribution in [2.24, 2.45) is 16.5 Å². The summed E-state index contributed by atoms with van der Waals surface area (Å²) in [5, 5.41) is 29.3. The molecule has 0 bridgehead atoms. The normalized spacial score (nSPS) is 12.6. The Morgan fingerprint density at radius 3 is 2.37 bits per heavy atom. The molecule has 3 atom stereocenters. The molecule has 2 heterocycles.